The van der Waals surface area contributed by atoms with Gasteiger partial charge in [0.25, 0.3) is 5.91 Å². The van der Waals surface area contributed by atoms with Crippen molar-refractivity contribution in [1.82, 2.24) is 15.3 Å². The van der Waals surface area contributed by atoms with Crippen LogP contribution < -0.4 is 5.32 Å². The van der Waals surface area contributed by atoms with Crippen LogP contribution in [0.5, 0.6) is 0 Å². The fourth-order valence-electron chi connectivity index (χ4n) is 4.04. The maximum absolute atomic E-state index is 13.2. The van der Waals surface area contributed by atoms with Crippen LogP contribution in [-0.2, 0) is 11.1 Å². The molecule has 1 fully saturated rings. The number of halogens is 1. The van der Waals surface area contributed by atoms with Crippen LogP contribution >= 0.6 is 0 Å². The Balaban J connectivity index is 1.62. The predicted molar refractivity (Wildman–Crippen MR) is 117 cm³/mol. The molecule has 1 aromatic carbocycles. The smallest absolute Gasteiger partial charge is 0.251 e. The second-order valence-electron chi connectivity index (χ2n) is 8.90. The zero-order chi connectivity index (χ0) is 22.4. The van der Waals surface area contributed by atoms with Gasteiger partial charge in [-0.2, -0.15) is 0 Å². The Morgan fingerprint density at radius 3 is 2.39 bits per heavy atom. The highest BCUT2D eigenvalue weighted by molar-refractivity contribution is 5.95. The number of hydrogen-bond acceptors (Lipinski definition) is 4. The molecule has 1 aliphatic carbocycles. The normalized spacial score (nSPS) is 20.4. The van der Waals surface area contributed by atoms with Gasteiger partial charge in [0.1, 0.15) is 5.82 Å². The molecule has 6 heteroatoms. The van der Waals surface area contributed by atoms with E-state index >= 15 is 0 Å². The van der Waals surface area contributed by atoms with E-state index in [1.165, 1.54) is 24.3 Å². The minimum Gasteiger partial charge on any atom is -0.386 e. The van der Waals surface area contributed by atoms with E-state index in [2.05, 4.69) is 22.2 Å². The number of amides is 1. The number of aromatic nitrogens is 2. The summed E-state index contributed by atoms with van der Waals surface area (Å²) in [6.45, 7) is 7.45. The van der Waals surface area contributed by atoms with E-state index in [0.29, 0.717) is 11.3 Å². The predicted octanol–water partition coefficient (Wildman–Crippen LogP) is 4.48. The van der Waals surface area contributed by atoms with Gasteiger partial charge < -0.3 is 10.4 Å². The Bertz CT molecular complexity index is 1120. The molecule has 1 aliphatic rings. The van der Waals surface area contributed by atoms with Crippen molar-refractivity contribution in [2.24, 2.45) is 5.92 Å². The Labute approximate surface area is 181 Å². The van der Waals surface area contributed by atoms with Gasteiger partial charge in [-0.1, -0.05) is 13.0 Å². The Kier molecular flexibility index (Phi) is 5.13. The van der Waals surface area contributed by atoms with Crippen molar-refractivity contribution in [3.8, 4) is 11.3 Å². The summed E-state index contributed by atoms with van der Waals surface area (Å²) in [5, 5.41) is 13.7. The summed E-state index contributed by atoms with van der Waals surface area (Å²) < 4.78 is 13.2. The van der Waals surface area contributed by atoms with Crippen LogP contribution in [0.4, 0.5) is 4.39 Å². The van der Waals surface area contributed by atoms with Crippen molar-refractivity contribution in [1.29, 1.82) is 0 Å². The van der Waals surface area contributed by atoms with E-state index in [1.54, 1.807) is 26.2 Å². The molecule has 160 valence electrons. The molecule has 31 heavy (non-hydrogen) atoms. The number of aryl methyl sites for hydroxylation is 1. The molecule has 0 unspecified atom stereocenters. The maximum Gasteiger partial charge on any atom is 0.251 e. The quantitative estimate of drug-likeness (QED) is 0.639. The lowest BCUT2D eigenvalue weighted by Gasteiger charge is -2.22. The first-order valence-electron chi connectivity index (χ1n) is 10.3. The van der Waals surface area contributed by atoms with Crippen LogP contribution in [0.3, 0.4) is 0 Å². The number of pyridine rings is 2. The minimum absolute atomic E-state index is 0.236. The summed E-state index contributed by atoms with van der Waals surface area (Å²) in [6, 6.07) is 11.3. The van der Waals surface area contributed by atoms with Gasteiger partial charge in [0.05, 0.1) is 16.8 Å². The first kappa shape index (κ1) is 21.1. The SMILES string of the molecule is Cc1cc(C(C)(C)O)c(-c2ccc([C@]3(NC(=O)c4ccc(F)cc4)C[C@@H]3C)cn2)cn1. The van der Waals surface area contributed by atoms with Crippen LogP contribution in [0.25, 0.3) is 11.3 Å². The third kappa shape index (κ3) is 4.08. The number of carbonyl (C=O) groups excluding carboxylic acids is 1. The summed E-state index contributed by atoms with van der Waals surface area (Å²) in [5.74, 6) is -0.347. The van der Waals surface area contributed by atoms with Crippen LogP contribution in [-0.4, -0.2) is 21.0 Å². The monoisotopic (exact) mass is 419 g/mol. The molecular weight excluding hydrogens is 393 g/mol. The van der Waals surface area contributed by atoms with E-state index < -0.39 is 11.1 Å². The fourth-order valence-corrected chi connectivity index (χ4v) is 4.04. The van der Waals surface area contributed by atoms with Gasteiger partial charge in [-0.3, -0.25) is 14.8 Å². The Hall–Kier alpha value is -3.12. The number of nitrogens with zero attached hydrogens (tertiary/aromatic N) is 2. The van der Waals surface area contributed by atoms with Crippen LogP contribution in [0, 0.1) is 18.7 Å². The first-order chi connectivity index (χ1) is 14.6. The molecule has 3 aromatic rings. The zero-order valence-electron chi connectivity index (χ0n) is 18.1. The highest BCUT2D eigenvalue weighted by atomic mass is 19.1. The third-order valence-corrected chi connectivity index (χ3v) is 6.01. The van der Waals surface area contributed by atoms with Crippen molar-refractivity contribution in [2.75, 3.05) is 0 Å². The molecule has 0 saturated heterocycles. The molecule has 2 atom stereocenters. The molecule has 2 aromatic heterocycles. The second kappa shape index (κ2) is 7.54. The van der Waals surface area contributed by atoms with E-state index in [4.69, 9.17) is 0 Å². The lowest BCUT2D eigenvalue weighted by molar-refractivity contribution is 0.0790. The largest absolute Gasteiger partial charge is 0.386 e. The number of aliphatic hydroxyl groups is 1. The van der Waals surface area contributed by atoms with Crippen molar-refractivity contribution in [2.45, 2.75) is 45.3 Å². The van der Waals surface area contributed by atoms with Crippen molar-refractivity contribution >= 4 is 5.91 Å². The lowest BCUT2D eigenvalue weighted by atomic mass is 9.92. The summed E-state index contributed by atoms with van der Waals surface area (Å²) >= 11 is 0. The molecule has 4 rings (SSSR count). The zero-order valence-corrected chi connectivity index (χ0v) is 18.1. The van der Waals surface area contributed by atoms with Gasteiger partial charge in [-0.05, 0) is 80.6 Å². The molecule has 1 amide bonds. The molecule has 2 N–H and O–H groups in total. The standard InChI is InChI=1S/C25H26FN3O2/c1-15-12-25(15,29-23(30)17-5-8-19(26)9-6-17)18-7-10-22(28-13-18)20-14-27-16(2)11-21(20)24(3,4)31/h5-11,13-15,31H,12H2,1-4H3,(H,29,30)/t15-,25-/m0/s1. The third-order valence-electron chi connectivity index (χ3n) is 6.01. The van der Waals surface area contributed by atoms with Gasteiger partial charge in [0.2, 0.25) is 0 Å². The molecule has 5 nitrogen and oxygen atoms in total. The average molecular weight is 420 g/mol. The number of carbonyl (C=O) groups is 1. The summed E-state index contributed by atoms with van der Waals surface area (Å²) in [4.78, 5) is 21.7. The van der Waals surface area contributed by atoms with E-state index in [9.17, 15) is 14.3 Å². The number of rotatable bonds is 5. The Morgan fingerprint density at radius 2 is 1.84 bits per heavy atom. The highest BCUT2D eigenvalue weighted by Gasteiger charge is 2.53. The summed E-state index contributed by atoms with van der Waals surface area (Å²) in [7, 11) is 0. The maximum atomic E-state index is 13.2. The van der Waals surface area contributed by atoms with Crippen molar-refractivity contribution in [3.05, 3.63) is 83.1 Å². The first-order valence-corrected chi connectivity index (χ1v) is 10.3. The van der Waals surface area contributed by atoms with Gasteiger partial charge in [0.15, 0.2) is 0 Å². The number of benzene rings is 1. The van der Waals surface area contributed by atoms with Crippen molar-refractivity contribution < 1.29 is 14.3 Å². The molecule has 0 bridgehead atoms. The van der Waals surface area contributed by atoms with Gasteiger partial charge in [-0.15, -0.1) is 0 Å². The number of hydrogen-bond donors (Lipinski definition) is 2. The molecule has 0 spiro atoms. The van der Waals surface area contributed by atoms with E-state index in [-0.39, 0.29) is 17.6 Å². The summed E-state index contributed by atoms with van der Waals surface area (Å²) in [5.41, 5.74) is 2.90. The lowest BCUT2D eigenvalue weighted by Crippen LogP contribution is -2.36. The fraction of sp³-hybridized carbons (Fsp3) is 0.320. The number of nitrogens with one attached hydrogen (secondary N) is 1. The van der Waals surface area contributed by atoms with Gasteiger partial charge in [-0.25, -0.2) is 4.39 Å². The average Bonchev–Trinajstić information content (AvgIpc) is 3.38. The Morgan fingerprint density at radius 1 is 1.16 bits per heavy atom. The molecule has 0 radical (unpaired) electrons. The van der Waals surface area contributed by atoms with Crippen LogP contribution in [0.1, 0.15) is 54.4 Å². The minimum atomic E-state index is -1.03. The van der Waals surface area contributed by atoms with Crippen molar-refractivity contribution in [3.63, 3.8) is 0 Å². The van der Waals surface area contributed by atoms with Crippen LogP contribution in [0.15, 0.2) is 54.9 Å². The van der Waals surface area contributed by atoms with Gasteiger partial charge in [0, 0.05) is 29.2 Å². The van der Waals surface area contributed by atoms with Gasteiger partial charge >= 0.3 is 0 Å². The molecule has 2 heterocycles. The second-order valence-corrected chi connectivity index (χ2v) is 8.90. The molecular formula is C25H26FN3O2. The molecule has 1 saturated carbocycles. The summed E-state index contributed by atoms with van der Waals surface area (Å²) in [6.07, 6.45) is 4.32. The molecule has 0 aliphatic heterocycles. The van der Waals surface area contributed by atoms with E-state index in [0.717, 1.165) is 28.8 Å². The topological polar surface area (TPSA) is 75.1 Å². The highest BCUT2D eigenvalue weighted by Crippen LogP contribution is 2.51. The van der Waals surface area contributed by atoms with Crippen LogP contribution in [0.2, 0.25) is 0 Å². The van der Waals surface area contributed by atoms with E-state index in [1.807, 2.05) is 25.1 Å².